The zero-order valence-electron chi connectivity index (χ0n) is 7.97. The van der Waals surface area contributed by atoms with Gasteiger partial charge in [-0.1, -0.05) is 30.4 Å². The number of fused-ring (bicyclic) bond motifs is 1. The van der Waals surface area contributed by atoms with Crippen molar-refractivity contribution in [3.05, 3.63) is 35.9 Å². The first kappa shape index (κ1) is 9.45. The molecule has 1 aliphatic rings. The number of para-hydroxylation sites is 1. The number of nitrogens with zero attached hydrogens (tertiary/aromatic N) is 1. The van der Waals surface area contributed by atoms with E-state index in [1.807, 2.05) is 36.4 Å². The van der Waals surface area contributed by atoms with Gasteiger partial charge in [0.1, 0.15) is 5.84 Å². The van der Waals surface area contributed by atoms with Crippen LogP contribution in [0.5, 0.6) is 0 Å². The molecule has 2 N–H and O–H groups in total. The molecule has 15 heavy (non-hydrogen) atoms. The average molecular weight is 202 g/mol. The first-order chi connectivity index (χ1) is 7.25. The minimum absolute atomic E-state index is 0.448. The van der Waals surface area contributed by atoms with E-state index in [4.69, 9.17) is 5.11 Å². The molecule has 1 aliphatic heterocycles. The van der Waals surface area contributed by atoms with Crippen LogP contribution in [0.4, 0.5) is 10.5 Å². The van der Waals surface area contributed by atoms with Crippen molar-refractivity contribution in [3.8, 4) is 0 Å². The van der Waals surface area contributed by atoms with Crippen molar-refractivity contribution in [2.24, 2.45) is 4.99 Å². The maximum Gasteiger partial charge on any atom is 0.410 e. The highest BCUT2D eigenvalue weighted by Crippen LogP contribution is 2.22. The fraction of sp³-hybridized carbons (Fsp3) is 0.0909. The summed E-state index contributed by atoms with van der Waals surface area (Å²) in [4.78, 5) is 14.7. The number of amidine groups is 1. The monoisotopic (exact) mass is 202 g/mol. The van der Waals surface area contributed by atoms with Gasteiger partial charge in [-0.15, -0.1) is 0 Å². The summed E-state index contributed by atoms with van der Waals surface area (Å²) in [5.41, 5.74) is 1.79. The highest BCUT2D eigenvalue weighted by molar-refractivity contribution is 5.98. The zero-order valence-corrected chi connectivity index (χ0v) is 7.97. The van der Waals surface area contributed by atoms with Gasteiger partial charge in [-0.25, -0.2) is 9.79 Å². The molecule has 0 saturated heterocycles. The molecule has 0 spiro atoms. The van der Waals surface area contributed by atoms with E-state index < -0.39 is 6.09 Å². The van der Waals surface area contributed by atoms with E-state index >= 15 is 0 Å². The summed E-state index contributed by atoms with van der Waals surface area (Å²) >= 11 is 0. The lowest BCUT2D eigenvalue weighted by Gasteiger charge is -2.02. The van der Waals surface area contributed by atoms with Crippen LogP contribution in [-0.2, 0) is 0 Å². The summed E-state index contributed by atoms with van der Waals surface area (Å²) < 4.78 is 0. The molecule has 1 heterocycles. The van der Waals surface area contributed by atoms with E-state index in [-0.39, 0.29) is 0 Å². The lowest BCUT2D eigenvalue weighted by atomic mass is 10.2. The van der Waals surface area contributed by atoms with Crippen LogP contribution >= 0.6 is 0 Å². The van der Waals surface area contributed by atoms with Crippen molar-refractivity contribution in [3.63, 3.8) is 0 Å². The molecule has 4 nitrogen and oxygen atoms in total. The highest BCUT2D eigenvalue weighted by atomic mass is 16.4. The largest absolute Gasteiger partial charge is 0.465 e. The van der Waals surface area contributed by atoms with Crippen LogP contribution in [0.3, 0.4) is 0 Å². The Hall–Kier alpha value is -2.10. The second kappa shape index (κ2) is 3.96. The number of carboxylic acid groups (broad SMARTS) is 1. The fourth-order valence-corrected chi connectivity index (χ4v) is 1.42. The number of rotatable bonds is 0. The van der Waals surface area contributed by atoms with Crippen LogP contribution < -0.4 is 5.32 Å². The first-order valence-electron chi connectivity index (χ1n) is 4.59. The summed E-state index contributed by atoms with van der Waals surface area (Å²) in [5, 5.41) is 10.9. The van der Waals surface area contributed by atoms with Gasteiger partial charge in [0.2, 0.25) is 0 Å². The van der Waals surface area contributed by atoms with Gasteiger partial charge in [0.25, 0.3) is 0 Å². The maximum absolute atomic E-state index is 10.5. The second-order valence-corrected chi connectivity index (χ2v) is 3.15. The van der Waals surface area contributed by atoms with Crippen molar-refractivity contribution in [1.29, 1.82) is 0 Å². The van der Waals surface area contributed by atoms with E-state index in [0.717, 1.165) is 11.3 Å². The molecule has 0 radical (unpaired) electrons. The third kappa shape index (κ3) is 2.22. The van der Waals surface area contributed by atoms with Crippen LogP contribution in [0.15, 0.2) is 35.3 Å². The Kier molecular flexibility index (Phi) is 2.49. The van der Waals surface area contributed by atoms with E-state index in [2.05, 4.69) is 10.3 Å². The number of aliphatic imine (C=N–C) groups is 1. The molecule has 0 saturated carbocycles. The molecular formula is C11H10N2O2. The van der Waals surface area contributed by atoms with Crippen LogP contribution in [0.1, 0.15) is 12.0 Å². The van der Waals surface area contributed by atoms with E-state index in [1.54, 1.807) is 0 Å². The topological polar surface area (TPSA) is 61.7 Å². The number of carbonyl (C=O) groups is 1. The maximum atomic E-state index is 10.5. The predicted octanol–water partition coefficient (Wildman–Crippen LogP) is 2.40. The lowest BCUT2D eigenvalue weighted by Crippen LogP contribution is -2.27. The van der Waals surface area contributed by atoms with Crippen LogP contribution in [0, 0.1) is 0 Å². The summed E-state index contributed by atoms with van der Waals surface area (Å²) in [6, 6.07) is 7.60. The zero-order chi connectivity index (χ0) is 10.7. The van der Waals surface area contributed by atoms with Crippen LogP contribution in [0.25, 0.3) is 6.08 Å². The molecule has 0 bridgehead atoms. The third-order valence-electron chi connectivity index (χ3n) is 2.05. The number of nitrogens with one attached hydrogen (secondary N) is 1. The molecular weight excluding hydrogens is 192 g/mol. The van der Waals surface area contributed by atoms with Crippen LogP contribution in [0.2, 0.25) is 0 Å². The molecule has 1 amide bonds. The summed E-state index contributed by atoms with van der Waals surface area (Å²) in [5.74, 6) is 0.448. The molecule has 1 aromatic carbocycles. The SMILES string of the molecule is O=C(O)NC1=Nc2ccccc2C=CC1. The fourth-order valence-electron chi connectivity index (χ4n) is 1.42. The summed E-state index contributed by atoms with van der Waals surface area (Å²) in [6.45, 7) is 0. The lowest BCUT2D eigenvalue weighted by molar-refractivity contribution is 0.200. The standard InChI is InChI=1S/C11H10N2O2/c14-11(15)13-10-7-3-5-8-4-1-2-6-9(8)12-10/h1-6H,7H2,(H,12,13)(H,14,15). The summed E-state index contributed by atoms with van der Waals surface area (Å²) in [6.07, 6.45) is 3.25. The minimum Gasteiger partial charge on any atom is -0.465 e. The Morgan fingerprint density at radius 2 is 2.20 bits per heavy atom. The van der Waals surface area contributed by atoms with Gasteiger partial charge in [-0.2, -0.15) is 0 Å². The van der Waals surface area contributed by atoms with Crippen molar-refractivity contribution >= 4 is 23.7 Å². The predicted molar refractivity (Wildman–Crippen MR) is 58.3 cm³/mol. The molecule has 0 aliphatic carbocycles. The normalized spacial score (nSPS) is 13.7. The quantitative estimate of drug-likeness (QED) is 0.678. The molecule has 0 aromatic heterocycles. The van der Waals surface area contributed by atoms with Gasteiger partial charge in [-0.3, -0.25) is 5.32 Å². The molecule has 1 aromatic rings. The van der Waals surface area contributed by atoms with Gasteiger partial charge in [0.15, 0.2) is 0 Å². The van der Waals surface area contributed by atoms with Gasteiger partial charge in [0.05, 0.1) is 5.69 Å². The molecule has 4 heteroatoms. The Balaban J connectivity index is 2.36. The second-order valence-electron chi connectivity index (χ2n) is 3.15. The number of hydrogen-bond acceptors (Lipinski definition) is 2. The van der Waals surface area contributed by atoms with Gasteiger partial charge >= 0.3 is 6.09 Å². The van der Waals surface area contributed by atoms with Gasteiger partial charge < -0.3 is 5.11 Å². The number of benzene rings is 1. The molecule has 0 atom stereocenters. The third-order valence-corrected chi connectivity index (χ3v) is 2.05. The van der Waals surface area contributed by atoms with Crippen molar-refractivity contribution in [1.82, 2.24) is 5.32 Å². The Morgan fingerprint density at radius 3 is 3.00 bits per heavy atom. The van der Waals surface area contributed by atoms with Crippen molar-refractivity contribution in [2.75, 3.05) is 0 Å². The Bertz CT molecular complexity index is 450. The van der Waals surface area contributed by atoms with Gasteiger partial charge in [-0.05, 0) is 11.6 Å². The van der Waals surface area contributed by atoms with E-state index in [0.29, 0.717) is 12.3 Å². The van der Waals surface area contributed by atoms with Crippen LogP contribution in [-0.4, -0.2) is 17.0 Å². The Labute approximate surface area is 87.0 Å². The van der Waals surface area contributed by atoms with Crippen molar-refractivity contribution in [2.45, 2.75) is 6.42 Å². The Morgan fingerprint density at radius 1 is 1.40 bits per heavy atom. The minimum atomic E-state index is -1.08. The van der Waals surface area contributed by atoms with E-state index in [9.17, 15) is 4.79 Å². The molecule has 2 rings (SSSR count). The smallest absolute Gasteiger partial charge is 0.410 e. The van der Waals surface area contributed by atoms with E-state index in [1.165, 1.54) is 0 Å². The number of hydrogen-bond donors (Lipinski definition) is 2. The molecule has 0 fully saturated rings. The molecule has 76 valence electrons. The van der Waals surface area contributed by atoms with Crippen molar-refractivity contribution < 1.29 is 9.90 Å². The number of amides is 1. The van der Waals surface area contributed by atoms with Gasteiger partial charge in [0, 0.05) is 6.42 Å². The highest BCUT2D eigenvalue weighted by Gasteiger charge is 2.06. The average Bonchev–Trinajstić information content (AvgIpc) is 2.38. The summed E-state index contributed by atoms with van der Waals surface area (Å²) in [7, 11) is 0. The molecule has 0 unspecified atom stereocenters. The first-order valence-corrected chi connectivity index (χ1v) is 4.59.